The Hall–Kier alpha value is -3.62. The highest BCUT2D eigenvalue weighted by atomic mass is 32.2. The maximum atomic E-state index is 12.7. The van der Waals surface area contributed by atoms with Gasteiger partial charge >= 0.3 is 0 Å². The number of benzene rings is 3. The molecule has 0 radical (unpaired) electrons. The smallest absolute Gasteiger partial charge is 0.251 e. The van der Waals surface area contributed by atoms with Gasteiger partial charge in [-0.2, -0.15) is 0 Å². The van der Waals surface area contributed by atoms with Crippen molar-refractivity contribution < 1.29 is 9.59 Å². The zero-order valence-corrected chi connectivity index (χ0v) is 21.7. The van der Waals surface area contributed by atoms with Crippen molar-refractivity contribution in [1.29, 1.82) is 0 Å². The van der Waals surface area contributed by atoms with Crippen LogP contribution in [0.5, 0.6) is 0 Å². The summed E-state index contributed by atoms with van der Waals surface area (Å²) >= 11 is 2.99. The summed E-state index contributed by atoms with van der Waals surface area (Å²) in [4.78, 5) is 30.8. The third kappa shape index (κ3) is 5.29. The second kappa shape index (κ2) is 10.6. The number of rotatable bonds is 8. The van der Waals surface area contributed by atoms with Crippen LogP contribution in [0.3, 0.4) is 0 Å². The average molecular weight is 515 g/mol. The van der Waals surface area contributed by atoms with Gasteiger partial charge in [-0.3, -0.25) is 9.59 Å². The molecule has 0 bridgehead atoms. The van der Waals surface area contributed by atoms with E-state index in [-0.39, 0.29) is 17.6 Å². The highest BCUT2D eigenvalue weighted by Crippen LogP contribution is 2.31. The summed E-state index contributed by atoms with van der Waals surface area (Å²) in [5.41, 5.74) is 4.80. The van der Waals surface area contributed by atoms with E-state index in [4.69, 9.17) is 0 Å². The minimum absolute atomic E-state index is 0.0687. The molecule has 0 aliphatic rings. The van der Waals surface area contributed by atoms with E-state index in [1.165, 1.54) is 28.7 Å². The highest BCUT2D eigenvalue weighted by Gasteiger charge is 2.13. The fourth-order valence-corrected chi connectivity index (χ4v) is 5.98. The molecule has 0 saturated carbocycles. The van der Waals surface area contributed by atoms with Gasteiger partial charge in [0.05, 0.1) is 16.0 Å². The topological polar surface area (TPSA) is 76.0 Å². The van der Waals surface area contributed by atoms with E-state index in [2.05, 4.69) is 44.6 Å². The van der Waals surface area contributed by atoms with Gasteiger partial charge in [-0.15, -0.1) is 11.8 Å². The van der Waals surface area contributed by atoms with E-state index >= 15 is 0 Å². The Morgan fingerprint density at radius 1 is 1.03 bits per heavy atom. The molecule has 0 aliphatic heterocycles. The molecule has 0 unspecified atom stereocenters. The fraction of sp³-hybridized carbons (Fsp3) is 0.179. The van der Waals surface area contributed by atoms with Crippen LogP contribution in [0, 0.1) is 13.8 Å². The second-order valence-electron chi connectivity index (χ2n) is 8.60. The van der Waals surface area contributed by atoms with Crippen LogP contribution in [0.4, 0.5) is 5.13 Å². The van der Waals surface area contributed by atoms with Crippen molar-refractivity contribution >= 4 is 61.2 Å². The second-order valence-corrected chi connectivity index (χ2v) is 10.6. The molecule has 2 amide bonds. The number of hydrogen-bond donors (Lipinski definition) is 2. The summed E-state index contributed by atoms with van der Waals surface area (Å²) in [6.45, 7) is 5.12. The first kappa shape index (κ1) is 24.1. The maximum Gasteiger partial charge on any atom is 0.251 e. The first-order chi connectivity index (χ1) is 17.5. The molecule has 0 fully saturated rings. The van der Waals surface area contributed by atoms with Crippen LogP contribution in [0.2, 0.25) is 0 Å². The molecule has 2 N–H and O–H groups in total. The Labute approximate surface area is 217 Å². The van der Waals surface area contributed by atoms with Crippen molar-refractivity contribution in [2.45, 2.75) is 25.3 Å². The number of para-hydroxylation sites is 1. The van der Waals surface area contributed by atoms with Gasteiger partial charge in [0, 0.05) is 40.6 Å². The molecule has 0 saturated heterocycles. The number of hydrogen-bond acceptors (Lipinski definition) is 5. The highest BCUT2D eigenvalue weighted by molar-refractivity contribution is 8.00. The molecule has 36 heavy (non-hydrogen) atoms. The summed E-state index contributed by atoms with van der Waals surface area (Å²) in [6.07, 6.45) is 2.06. The number of anilines is 1. The number of carbonyl (C=O) groups is 2. The third-order valence-electron chi connectivity index (χ3n) is 5.93. The van der Waals surface area contributed by atoms with Crippen LogP contribution >= 0.6 is 23.1 Å². The van der Waals surface area contributed by atoms with Gasteiger partial charge in [-0.25, -0.2) is 4.98 Å². The minimum atomic E-state index is -0.0851. The SMILES string of the molecule is Cc1ccc2nc(NC(=O)CSc3cn(CCNC(=O)c4ccccc4C)c4ccccc34)sc2c1. The molecular formula is C28H26N4O2S2. The van der Waals surface area contributed by atoms with Crippen LogP contribution in [0.25, 0.3) is 21.1 Å². The number of thiazole rings is 1. The van der Waals surface area contributed by atoms with E-state index in [1.54, 1.807) is 0 Å². The molecule has 0 spiro atoms. The zero-order chi connectivity index (χ0) is 25.1. The van der Waals surface area contributed by atoms with E-state index in [1.807, 2.05) is 62.4 Å². The molecule has 0 atom stereocenters. The van der Waals surface area contributed by atoms with Crippen LogP contribution < -0.4 is 10.6 Å². The summed E-state index contributed by atoms with van der Waals surface area (Å²) in [5, 5.41) is 7.67. The first-order valence-electron chi connectivity index (χ1n) is 11.7. The van der Waals surface area contributed by atoms with Gasteiger partial charge in [-0.05, 0) is 49.2 Å². The van der Waals surface area contributed by atoms with E-state index in [9.17, 15) is 9.59 Å². The van der Waals surface area contributed by atoms with Crippen molar-refractivity contribution in [3.8, 4) is 0 Å². The molecule has 6 nitrogen and oxygen atoms in total. The number of aromatic nitrogens is 2. The number of aryl methyl sites for hydroxylation is 2. The third-order valence-corrected chi connectivity index (χ3v) is 7.91. The lowest BCUT2D eigenvalue weighted by Gasteiger charge is -2.09. The van der Waals surface area contributed by atoms with E-state index < -0.39 is 0 Å². The largest absolute Gasteiger partial charge is 0.350 e. The number of fused-ring (bicyclic) bond motifs is 2. The maximum absolute atomic E-state index is 12.7. The number of amides is 2. The van der Waals surface area contributed by atoms with Gasteiger partial charge in [0.2, 0.25) is 5.91 Å². The van der Waals surface area contributed by atoms with Crippen LogP contribution in [0.15, 0.2) is 77.8 Å². The number of nitrogens with zero attached hydrogens (tertiary/aromatic N) is 2. The Morgan fingerprint density at radius 2 is 1.83 bits per heavy atom. The molecule has 0 aliphatic carbocycles. The van der Waals surface area contributed by atoms with Gasteiger partial charge < -0.3 is 15.2 Å². The zero-order valence-electron chi connectivity index (χ0n) is 20.1. The van der Waals surface area contributed by atoms with Crippen molar-refractivity contribution in [3.05, 3.63) is 89.6 Å². The monoisotopic (exact) mass is 514 g/mol. The summed E-state index contributed by atoms with van der Waals surface area (Å²) in [6, 6.07) is 21.8. The molecule has 5 rings (SSSR count). The van der Waals surface area contributed by atoms with Crippen molar-refractivity contribution in [1.82, 2.24) is 14.9 Å². The van der Waals surface area contributed by atoms with Crippen LogP contribution in [0.1, 0.15) is 21.5 Å². The molecule has 2 heterocycles. The normalized spacial score (nSPS) is 11.2. The lowest BCUT2D eigenvalue weighted by molar-refractivity contribution is -0.113. The Kier molecular flexibility index (Phi) is 7.06. The summed E-state index contributed by atoms with van der Waals surface area (Å²) < 4.78 is 3.19. The Morgan fingerprint density at radius 3 is 2.69 bits per heavy atom. The number of nitrogens with one attached hydrogen (secondary N) is 2. The van der Waals surface area contributed by atoms with E-state index in [0.717, 1.165) is 31.6 Å². The predicted octanol–water partition coefficient (Wildman–Crippen LogP) is 6.03. The van der Waals surface area contributed by atoms with Crippen molar-refractivity contribution in [2.24, 2.45) is 0 Å². The summed E-state index contributed by atoms with van der Waals surface area (Å²) in [5.74, 6) is 0.131. The van der Waals surface area contributed by atoms with Gasteiger partial charge in [-0.1, -0.05) is 53.8 Å². The van der Waals surface area contributed by atoms with Gasteiger partial charge in [0.25, 0.3) is 5.91 Å². The van der Waals surface area contributed by atoms with Gasteiger partial charge in [0.15, 0.2) is 5.13 Å². The summed E-state index contributed by atoms with van der Waals surface area (Å²) in [7, 11) is 0. The van der Waals surface area contributed by atoms with Gasteiger partial charge in [0.1, 0.15) is 0 Å². The fourth-order valence-electron chi connectivity index (χ4n) is 4.11. The molecule has 8 heteroatoms. The number of thioether (sulfide) groups is 1. The molecular weight excluding hydrogens is 488 g/mol. The Bertz CT molecular complexity index is 1570. The lowest BCUT2D eigenvalue weighted by Crippen LogP contribution is -2.27. The minimum Gasteiger partial charge on any atom is -0.350 e. The predicted molar refractivity (Wildman–Crippen MR) is 149 cm³/mol. The molecule has 5 aromatic rings. The standard InChI is InChI=1S/C28H26N4O2S2/c1-18-11-12-22-24(15-18)36-28(30-22)31-26(33)17-35-25-16-32(23-10-6-5-9-21(23)25)14-13-29-27(34)20-8-4-3-7-19(20)2/h3-12,15-16H,13-14,17H2,1-2H3,(H,29,34)(H,30,31,33). The lowest BCUT2D eigenvalue weighted by atomic mass is 10.1. The van der Waals surface area contributed by atoms with Crippen molar-refractivity contribution in [2.75, 3.05) is 17.6 Å². The number of carbonyl (C=O) groups excluding carboxylic acids is 2. The average Bonchev–Trinajstić information content (AvgIpc) is 3.43. The quantitative estimate of drug-likeness (QED) is 0.248. The van der Waals surface area contributed by atoms with Crippen molar-refractivity contribution in [3.63, 3.8) is 0 Å². The van der Waals surface area contributed by atoms with E-state index in [0.29, 0.717) is 23.8 Å². The molecule has 2 aromatic heterocycles. The van der Waals surface area contributed by atoms with Crippen LogP contribution in [-0.2, 0) is 11.3 Å². The Balaban J connectivity index is 1.22. The molecule has 3 aromatic carbocycles. The molecule has 182 valence electrons. The van der Waals surface area contributed by atoms with Crippen LogP contribution in [-0.4, -0.2) is 33.7 Å². The first-order valence-corrected chi connectivity index (χ1v) is 13.5.